The molecule has 5 heteroatoms. The quantitative estimate of drug-likeness (QED) is 0.853. The van der Waals surface area contributed by atoms with E-state index in [-0.39, 0.29) is 11.3 Å². The molecule has 4 nitrogen and oxygen atoms in total. The maximum Gasteiger partial charge on any atom is 0.148 e. The molecule has 0 aromatic carbocycles. The van der Waals surface area contributed by atoms with Crippen molar-refractivity contribution in [3.05, 3.63) is 0 Å². The van der Waals surface area contributed by atoms with E-state index in [9.17, 15) is 8.42 Å². The molecule has 1 N–H and O–H groups in total. The molecule has 112 valence electrons. The van der Waals surface area contributed by atoms with Gasteiger partial charge in [-0.25, -0.2) is 8.42 Å². The molecule has 0 bridgehead atoms. The van der Waals surface area contributed by atoms with Crippen LogP contribution in [0, 0.1) is 0 Å². The van der Waals surface area contributed by atoms with E-state index in [1.54, 1.807) is 0 Å². The summed E-state index contributed by atoms with van der Waals surface area (Å²) in [6.07, 6.45) is 8.91. The maximum absolute atomic E-state index is 11.4. The standard InChI is InChI=1S/C14H28N2O2S/c1-13-6-9-15-14(7-4-3-5-8-14)12-16(13)10-11-19(2,17)18/h13,15H,3-12H2,1-2H3. The number of sulfone groups is 1. The predicted molar refractivity (Wildman–Crippen MR) is 79.2 cm³/mol. The van der Waals surface area contributed by atoms with Crippen LogP contribution < -0.4 is 5.32 Å². The largest absolute Gasteiger partial charge is 0.310 e. The number of hydrogen-bond donors (Lipinski definition) is 1. The van der Waals surface area contributed by atoms with Crippen molar-refractivity contribution in [1.82, 2.24) is 10.2 Å². The topological polar surface area (TPSA) is 49.4 Å². The Labute approximate surface area is 117 Å². The normalized spacial score (nSPS) is 29.3. The van der Waals surface area contributed by atoms with Crippen LogP contribution in [0.15, 0.2) is 0 Å². The molecule has 2 rings (SSSR count). The van der Waals surface area contributed by atoms with Crippen molar-refractivity contribution >= 4 is 9.84 Å². The smallest absolute Gasteiger partial charge is 0.148 e. The minimum absolute atomic E-state index is 0.251. The van der Waals surface area contributed by atoms with Crippen molar-refractivity contribution in [3.8, 4) is 0 Å². The molecule has 0 aromatic rings. The lowest BCUT2D eigenvalue weighted by atomic mass is 9.81. The van der Waals surface area contributed by atoms with Crippen LogP contribution in [0.25, 0.3) is 0 Å². The first-order chi connectivity index (χ1) is 8.90. The van der Waals surface area contributed by atoms with Crippen LogP contribution in [0.2, 0.25) is 0 Å². The summed E-state index contributed by atoms with van der Waals surface area (Å²) >= 11 is 0. The van der Waals surface area contributed by atoms with Crippen molar-refractivity contribution in [3.63, 3.8) is 0 Å². The van der Waals surface area contributed by atoms with Crippen LogP contribution in [-0.2, 0) is 9.84 Å². The number of hydrogen-bond acceptors (Lipinski definition) is 4. The molecule has 19 heavy (non-hydrogen) atoms. The van der Waals surface area contributed by atoms with E-state index in [4.69, 9.17) is 0 Å². The Kier molecular flexibility index (Phi) is 4.90. The van der Waals surface area contributed by atoms with Crippen LogP contribution >= 0.6 is 0 Å². The summed E-state index contributed by atoms with van der Waals surface area (Å²) in [6.45, 7) is 5.00. The second kappa shape index (κ2) is 6.10. The zero-order chi connectivity index (χ0) is 13.9. The zero-order valence-electron chi connectivity index (χ0n) is 12.3. The molecule has 1 saturated carbocycles. The van der Waals surface area contributed by atoms with Crippen molar-refractivity contribution in [2.24, 2.45) is 0 Å². The van der Waals surface area contributed by atoms with Crippen molar-refractivity contribution in [2.75, 3.05) is 31.6 Å². The van der Waals surface area contributed by atoms with Gasteiger partial charge in [-0.1, -0.05) is 19.3 Å². The van der Waals surface area contributed by atoms with E-state index >= 15 is 0 Å². The molecule has 2 fully saturated rings. The molecule has 1 aliphatic heterocycles. The highest BCUT2D eigenvalue weighted by Gasteiger charge is 2.36. The number of nitrogens with zero attached hydrogens (tertiary/aromatic N) is 1. The van der Waals surface area contributed by atoms with Gasteiger partial charge in [0.15, 0.2) is 0 Å². The Balaban J connectivity index is 2.02. The SMILES string of the molecule is CC1CCNC2(CCCCC2)CN1CCS(C)(=O)=O. The Bertz CT molecular complexity index is 388. The summed E-state index contributed by atoms with van der Waals surface area (Å²) in [6, 6.07) is 0.482. The maximum atomic E-state index is 11.4. The van der Waals surface area contributed by atoms with E-state index in [2.05, 4.69) is 17.1 Å². The summed E-state index contributed by atoms with van der Waals surface area (Å²) in [5, 5.41) is 3.76. The van der Waals surface area contributed by atoms with Crippen LogP contribution in [0.5, 0.6) is 0 Å². The van der Waals surface area contributed by atoms with Gasteiger partial charge >= 0.3 is 0 Å². The van der Waals surface area contributed by atoms with Gasteiger partial charge in [0.05, 0.1) is 5.75 Å². The Hall–Kier alpha value is -0.130. The van der Waals surface area contributed by atoms with E-state index in [0.29, 0.717) is 12.6 Å². The second-order valence-electron chi connectivity index (χ2n) is 6.51. The molecule has 1 spiro atoms. The number of rotatable bonds is 3. The highest BCUT2D eigenvalue weighted by atomic mass is 32.2. The van der Waals surface area contributed by atoms with Gasteiger partial charge < -0.3 is 5.32 Å². The summed E-state index contributed by atoms with van der Waals surface area (Å²) < 4.78 is 22.8. The van der Waals surface area contributed by atoms with Gasteiger partial charge in [-0.2, -0.15) is 0 Å². The van der Waals surface area contributed by atoms with Crippen molar-refractivity contribution < 1.29 is 8.42 Å². The zero-order valence-corrected chi connectivity index (χ0v) is 13.1. The van der Waals surface area contributed by atoms with Crippen LogP contribution in [0.4, 0.5) is 0 Å². The van der Waals surface area contributed by atoms with Gasteiger partial charge in [0.2, 0.25) is 0 Å². The lowest BCUT2D eigenvalue weighted by Crippen LogP contribution is -2.53. The third kappa shape index (κ3) is 4.43. The third-order valence-electron chi connectivity index (χ3n) is 4.75. The Morgan fingerprint density at radius 1 is 1.26 bits per heavy atom. The van der Waals surface area contributed by atoms with Crippen molar-refractivity contribution in [1.29, 1.82) is 0 Å². The fourth-order valence-corrected chi connectivity index (χ4v) is 4.04. The minimum Gasteiger partial charge on any atom is -0.310 e. The molecule has 0 radical (unpaired) electrons. The van der Waals surface area contributed by atoms with E-state index in [1.807, 2.05) is 0 Å². The fraction of sp³-hybridized carbons (Fsp3) is 1.00. The highest BCUT2D eigenvalue weighted by Crippen LogP contribution is 2.31. The summed E-state index contributed by atoms with van der Waals surface area (Å²) in [5.41, 5.74) is 0.251. The third-order valence-corrected chi connectivity index (χ3v) is 5.68. The highest BCUT2D eigenvalue weighted by molar-refractivity contribution is 7.90. The van der Waals surface area contributed by atoms with Crippen molar-refractivity contribution in [2.45, 2.75) is 57.0 Å². The fourth-order valence-electron chi connectivity index (χ4n) is 3.48. The molecule has 0 aromatic heterocycles. The first kappa shape index (κ1) is 15.3. The minimum atomic E-state index is -2.86. The molecule has 1 unspecified atom stereocenters. The second-order valence-corrected chi connectivity index (χ2v) is 8.77. The molecule has 1 atom stereocenters. The molecule has 1 heterocycles. The molecule has 1 aliphatic carbocycles. The summed E-state index contributed by atoms with van der Waals surface area (Å²) in [5.74, 6) is 0.285. The molecule has 1 saturated heterocycles. The molecule has 0 amide bonds. The monoisotopic (exact) mass is 288 g/mol. The van der Waals surface area contributed by atoms with Gasteiger partial charge in [-0.15, -0.1) is 0 Å². The lowest BCUT2D eigenvalue weighted by Gasteiger charge is -2.41. The number of nitrogens with one attached hydrogen (secondary N) is 1. The van der Waals surface area contributed by atoms with Crippen LogP contribution in [0.1, 0.15) is 45.4 Å². The van der Waals surface area contributed by atoms with E-state index < -0.39 is 9.84 Å². The lowest BCUT2D eigenvalue weighted by molar-refractivity contribution is 0.144. The van der Waals surface area contributed by atoms with Gasteiger partial charge in [0, 0.05) is 30.9 Å². The van der Waals surface area contributed by atoms with Gasteiger partial charge in [0.25, 0.3) is 0 Å². The first-order valence-electron chi connectivity index (χ1n) is 7.57. The van der Waals surface area contributed by atoms with Crippen LogP contribution in [0.3, 0.4) is 0 Å². The predicted octanol–water partition coefficient (Wildman–Crippen LogP) is 1.42. The van der Waals surface area contributed by atoms with Gasteiger partial charge in [-0.3, -0.25) is 4.90 Å². The first-order valence-corrected chi connectivity index (χ1v) is 9.63. The Morgan fingerprint density at radius 3 is 2.58 bits per heavy atom. The summed E-state index contributed by atoms with van der Waals surface area (Å²) in [4.78, 5) is 2.40. The van der Waals surface area contributed by atoms with E-state index in [0.717, 1.165) is 19.5 Å². The average molecular weight is 288 g/mol. The summed E-state index contributed by atoms with van der Waals surface area (Å²) in [7, 11) is -2.86. The van der Waals surface area contributed by atoms with Gasteiger partial charge in [0.1, 0.15) is 9.84 Å². The van der Waals surface area contributed by atoms with Crippen LogP contribution in [-0.4, -0.2) is 56.5 Å². The molecular formula is C14H28N2O2S. The Morgan fingerprint density at radius 2 is 1.95 bits per heavy atom. The molecular weight excluding hydrogens is 260 g/mol. The van der Waals surface area contributed by atoms with E-state index in [1.165, 1.54) is 38.4 Å². The van der Waals surface area contributed by atoms with Gasteiger partial charge in [-0.05, 0) is 32.7 Å². The average Bonchev–Trinajstić information content (AvgIpc) is 2.48. The molecule has 2 aliphatic rings.